The highest BCUT2D eigenvalue weighted by atomic mass is 16.5. The van der Waals surface area contributed by atoms with Crippen molar-refractivity contribution in [3.05, 3.63) is 59.2 Å². The minimum absolute atomic E-state index is 0.0524. The van der Waals surface area contributed by atoms with Gasteiger partial charge in [-0.1, -0.05) is 37.3 Å². The van der Waals surface area contributed by atoms with E-state index in [-0.39, 0.29) is 24.1 Å². The Morgan fingerprint density at radius 3 is 2.29 bits per heavy atom. The number of aryl methyl sites for hydroxylation is 1. The van der Waals surface area contributed by atoms with Crippen LogP contribution in [0.3, 0.4) is 0 Å². The first-order chi connectivity index (χ1) is 13.3. The topological polar surface area (TPSA) is 84.9 Å². The van der Waals surface area contributed by atoms with E-state index >= 15 is 0 Å². The highest BCUT2D eigenvalue weighted by Crippen LogP contribution is 2.26. The van der Waals surface area contributed by atoms with Crippen LogP contribution >= 0.6 is 0 Å². The zero-order chi connectivity index (χ0) is 20.7. The second kappa shape index (κ2) is 9.78. The van der Waals surface area contributed by atoms with Gasteiger partial charge >= 0.3 is 5.97 Å². The molecule has 2 aromatic carbocycles. The molecular weight excluding hydrogens is 358 g/mol. The number of carbonyl (C=O) groups excluding carboxylic acids is 2. The molecule has 0 aliphatic heterocycles. The Balaban J connectivity index is 1.88. The van der Waals surface area contributed by atoms with Crippen LogP contribution in [0.2, 0.25) is 0 Å². The van der Waals surface area contributed by atoms with Crippen LogP contribution in [0.4, 0.5) is 0 Å². The summed E-state index contributed by atoms with van der Waals surface area (Å²) in [4.78, 5) is 24.4. The van der Waals surface area contributed by atoms with E-state index in [4.69, 9.17) is 9.47 Å². The molecule has 6 nitrogen and oxygen atoms in total. The lowest BCUT2D eigenvalue weighted by Gasteiger charge is -2.18. The van der Waals surface area contributed by atoms with Crippen LogP contribution in [-0.2, 0) is 27.2 Å². The van der Waals surface area contributed by atoms with Crippen LogP contribution in [0.15, 0.2) is 42.5 Å². The van der Waals surface area contributed by atoms with Crippen molar-refractivity contribution in [2.75, 3.05) is 7.11 Å². The van der Waals surface area contributed by atoms with Crippen molar-refractivity contribution in [2.24, 2.45) is 0 Å². The van der Waals surface area contributed by atoms with Gasteiger partial charge in [-0.2, -0.15) is 0 Å². The van der Waals surface area contributed by atoms with Gasteiger partial charge in [-0.3, -0.25) is 9.59 Å². The number of aromatic hydroxyl groups is 1. The number of hydrogen-bond donors (Lipinski definition) is 2. The second-order valence-electron chi connectivity index (χ2n) is 6.64. The quantitative estimate of drug-likeness (QED) is 0.681. The first kappa shape index (κ1) is 21.3. The zero-order valence-corrected chi connectivity index (χ0v) is 16.7. The average Bonchev–Trinajstić information content (AvgIpc) is 2.68. The van der Waals surface area contributed by atoms with E-state index in [0.717, 1.165) is 12.0 Å². The summed E-state index contributed by atoms with van der Waals surface area (Å²) in [6, 6.07) is 12.5. The molecule has 2 atom stereocenters. The summed E-state index contributed by atoms with van der Waals surface area (Å²) in [6.07, 6.45) is -0.0138. The number of nitrogens with one attached hydrogen (secondary N) is 1. The molecule has 1 amide bonds. The number of phenolic OH excluding ortho intramolecular Hbond substituents is 1. The Morgan fingerprint density at radius 1 is 1.07 bits per heavy atom. The summed E-state index contributed by atoms with van der Waals surface area (Å²) in [6.45, 7) is 5.50. The molecule has 2 aromatic rings. The van der Waals surface area contributed by atoms with E-state index in [1.807, 2.05) is 31.2 Å². The molecule has 6 heteroatoms. The lowest BCUT2D eigenvalue weighted by Crippen LogP contribution is -2.37. The Labute approximate surface area is 165 Å². The van der Waals surface area contributed by atoms with E-state index in [9.17, 15) is 14.7 Å². The van der Waals surface area contributed by atoms with E-state index < -0.39 is 12.1 Å². The first-order valence-corrected chi connectivity index (χ1v) is 9.28. The largest absolute Gasteiger partial charge is 0.504 e. The van der Waals surface area contributed by atoms with Crippen molar-refractivity contribution < 1.29 is 24.2 Å². The minimum Gasteiger partial charge on any atom is -0.504 e. The maximum atomic E-state index is 12.3. The second-order valence-corrected chi connectivity index (χ2v) is 6.64. The molecule has 0 aromatic heterocycles. The number of rotatable bonds is 8. The molecule has 0 aliphatic carbocycles. The van der Waals surface area contributed by atoms with Gasteiger partial charge in [-0.15, -0.1) is 0 Å². The Bertz CT molecular complexity index is 816. The summed E-state index contributed by atoms with van der Waals surface area (Å²) in [5.41, 5.74) is 2.78. The molecule has 0 radical (unpaired) electrons. The number of phenols is 1. The van der Waals surface area contributed by atoms with Crippen molar-refractivity contribution in [2.45, 2.75) is 45.8 Å². The maximum Gasteiger partial charge on any atom is 0.311 e. The Kier molecular flexibility index (Phi) is 7.44. The molecule has 28 heavy (non-hydrogen) atoms. The van der Waals surface area contributed by atoms with Crippen molar-refractivity contribution in [3.8, 4) is 11.5 Å². The van der Waals surface area contributed by atoms with E-state index in [2.05, 4.69) is 12.2 Å². The van der Waals surface area contributed by atoms with Gasteiger partial charge in [0.25, 0.3) is 5.91 Å². The predicted octanol–water partition coefficient (Wildman–Crippen LogP) is 3.31. The van der Waals surface area contributed by atoms with Gasteiger partial charge < -0.3 is 19.9 Å². The summed E-state index contributed by atoms with van der Waals surface area (Å²) < 4.78 is 10.2. The van der Waals surface area contributed by atoms with Crippen LogP contribution in [0.1, 0.15) is 43.5 Å². The molecule has 2 rings (SSSR count). The van der Waals surface area contributed by atoms with Gasteiger partial charge in [0.2, 0.25) is 0 Å². The van der Waals surface area contributed by atoms with E-state index in [0.29, 0.717) is 11.3 Å². The number of esters is 1. The molecular formula is C22H27NO5. The molecule has 0 aliphatic rings. The molecule has 0 spiro atoms. The highest BCUT2D eigenvalue weighted by molar-refractivity contribution is 5.84. The highest BCUT2D eigenvalue weighted by Gasteiger charge is 2.20. The third kappa shape index (κ3) is 5.74. The fourth-order valence-electron chi connectivity index (χ4n) is 2.76. The first-order valence-electron chi connectivity index (χ1n) is 9.28. The third-order valence-corrected chi connectivity index (χ3v) is 4.52. The number of benzene rings is 2. The van der Waals surface area contributed by atoms with Gasteiger partial charge in [-0.05, 0) is 49.1 Å². The monoisotopic (exact) mass is 385 g/mol. The Morgan fingerprint density at radius 2 is 1.71 bits per heavy atom. The lowest BCUT2D eigenvalue weighted by atomic mass is 10.0. The van der Waals surface area contributed by atoms with E-state index in [1.165, 1.54) is 25.7 Å². The van der Waals surface area contributed by atoms with Crippen molar-refractivity contribution in [1.82, 2.24) is 5.32 Å². The van der Waals surface area contributed by atoms with Gasteiger partial charge in [0.15, 0.2) is 17.6 Å². The van der Waals surface area contributed by atoms with Crippen molar-refractivity contribution >= 4 is 11.9 Å². The summed E-state index contributed by atoms with van der Waals surface area (Å²) in [5.74, 6) is -0.641. The molecule has 2 N–H and O–H groups in total. The Hall–Kier alpha value is -3.02. The third-order valence-electron chi connectivity index (χ3n) is 4.52. The number of ether oxygens (including phenoxy) is 2. The minimum atomic E-state index is -0.920. The van der Waals surface area contributed by atoms with Gasteiger partial charge in [-0.25, -0.2) is 0 Å². The standard InChI is InChI=1S/C22H27NO5/c1-5-16-6-9-18(10-7-16)14(2)23-22(26)15(3)28-21(25)13-17-8-11-20(27-4)19(24)12-17/h6-12,14-15,24H,5,13H2,1-4H3,(H,23,26). The SMILES string of the molecule is CCc1ccc(C(C)NC(=O)C(C)OC(=O)Cc2ccc(OC)c(O)c2)cc1. The van der Waals surface area contributed by atoms with Crippen LogP contribution in [0.25, 0.3) is 0 Å². The fraction of sp³-hybridized carbons (Fsp3) is 0.364. The molecule has 2 unspecified atom stereocenters. The normalized spacial score (nSPS) is 12.7. The van der Waals surface area contributed by atoms with Crippen LogP contribution in [-0.4, -0.2) is 30.2 Å². The maximum absolute atomic E-state index is 12.3. The molecule has 0 heterocycles. The number of amides is 1. The van der Waals surface area contributed by atoms with Crippen molar-refractivity contribution in [3.63, 3.8) is 0 Å². The fourth-order valence-corrected chi connectivity index (χ4v) is 2.76. The summed E-state index contributed by atoms with van der Waals surface area (Å²) in [7, 11) is 1.45. The smallest absolute Gasteiger partial charge is 0.311 e. The van der Waals surface area contributed by atoms with E-state index in [1.54, 1.807) is 12.1 Å². The molecule has 0 saturated carbocycles. The predicted molar refractivity (Wildman–Crippen MR) is 106 cm³/mol. The summed E-state index contributed by atoms with van der Waals surface area (Å²) in [5, 5.41) is 12.6. The van der Waals surface area contributed by atoms with Gasteiger partial charge in [0.05, 0.1) is 19.6 Å². The molecule has 0 bridgehead atoms. The van der Waals surface area contributed by atoms with Crippen LogP contribution in [0, 0.1) is 0 Å². The number of carbonyl (C=O) groups is 2. The number of hydrogen-bond acceptors (Lipinski definition) is 5. The average molecular weight is 385 g/mol. The summed E-state index contributed by atoms with van der Waals surface area (Å²) >= 11 is 0. The molecule has 150 valence electrons. The molecule has 0 fully saturated rings. The molecule has 0 saturated heterocycles. The van der Waals surface area contributed by atoms with Gasteiger partial charge in [0, 0.05) is 0 Å². The van der Waals surface area contributed by atoms with Crippen molar-refractivity contribution in [1.29, 1.82) is 0 Å². The number of methoxy groups -OCH3 is 1. The van der Waals surface area contributed by atoms with Crippen LogP contribution in [0.5, 0.6) is 11.5 Å². The lowest BCUT2D eigenvalue weighted by molar-refractivity contribution is -0.154. The van der Waals surface area contributed by atoms with Crippen LogP contribution < -0.4 is 10.1 Å². The van der Waals surface area contributed by atoms with Gasteiger partial charge in [0.1, 0.15) is 0 Å². The zero-order valence-electron chi connectivity index (χ0n) is 16.7.